The van der Waals surface area contributed by atoms with Crippen molar-refractivity contribution >= 4 is 68.9 Å². The Morgan fingerprint density at radius 3 is 2.97 bits per heavy atom. The van der Waals surface area contributed by atoms with Crippen LogP contribution in [0.5, 0.6) is 0 Å². The van der Waals surface area contributed by atoms with Crippen LogP contribution in [0.1, 0.15) is 17.8 Å². The molecule has 1 atom stereocenters. The maximum absolute atomic E-state index is 6.28. The molecule has 0 saturated carbocycles. The summed E-state index contributed by atoms with van der Waals surface area (Å²) in [4.78, 5) is 15.7. The van der Waals surface area contributed by atoms with Crippen molar-refractivity contribution in [3.8, 4) is 0 Å². The van der Waals surface area contributed by atoms with Crippen molar-refractivity contribution in [1.82, 2.24) is 20.6 Å². The van der Waals surface area contributed by atoms with Crippen LogP contribution in [0.2, 0.25) is 5.02 Å². The van der Waals surface area contributed by atoms with E-state index in [1.165, 1.54) is 9.71 Å². The van der Waals surface area contributed by atoms with Gasteiger partial charge in [-0.25, -0.2) is 9.97 Å². The highest BCUT2D eigenvalue weighted by Gasteiger charge is 2.25. The Morgan fingerprint density at radius 2 is 2.17 bits per heavy atom. The standard InChI is InChI=1S/C21H25ClN6S.HI/c1-23-21(25-12-5-9-19-27-17-7-2-3-8-18(17)29-19)26-15-10-13-28(14-15)20-16(22)6-4-11-24-20;/h2-4,6-8,11,15H,5,9-10,12-14H2,1H3,(H2,23,25,26);1H. The summed E-state index contributed by atoms with van der Waals surface area (Å²) in [5.41, 5.74) is 1.09. The summed E-state index contributed by atoms with van der Waals surface area (Å²) >= 11 is 8.06. The van der Waals surface area contributed by atoms with Crippen molar-refractivity contribution in [3.63, 3.8) is 0 Å². The molecule has 30 heavy (non-hydrogen) atoms. The summed E-state index contributed by atoms with van der Waals surface area (Å²) in [5.74, 6) is 1.70. The third kappa shape index (κ3) is 5.73. The summed E-state index contributed by atoms with van der Waals surface area (Å²) in [6.07, 6.45) is 4.80. The number of hydrogen-bond acceptors (Lipinski definition) is 5. The van der Waals surface area contributed by atoms with E-state index in [1.807, 2.05) is 25.2 Å². The summed E-state index contributed by atoms with van der Waals surface area (Å²) < 4.78 is 1.26. The van der Waals surface area contributed by atoms with Crippen molar-refractivity contribution < 1.29 is 0 Å². The molecule has 1 aliphatic heterocycles. The lowest BCUT2D eigenvalue weighted by Gasteiger charge is -2.20. The number of thiazole rings is 1. The van der Waals surface area contributed by atoms with Crippen LogP contribution in [0.3, 0.4) is 0 Å². The zero-order valence-electron chi connectivity index (χ0n) is 16.8. The molecular weight excluding hydrogens is 531 g/mol. The average Bonchev–Trinajstić information content (AvgIpc) is 3.37. The molecule has 0 amide bonds. The molecule has 0 bridgehead atoms. The molecule has 2 aromatic heterocycles. The molecule has 3 heterocycles. The van der Waals surface area contributed by atoms with E-state index in [2.05, 4.69) is 43.7 Å². The molecule has 0 aliphatic carbocycles. The predicted octanol–water partition coefficient (Wildman–Crippen LogP) is 4.34. The Labute approximate surface area is 203 Å². The minimum atomic E-state index is 0. The van der Waals surface area contributed by atoms with Gasteiger partial charge in [-0.3, -0.25) is 4.99 Å². The molecule has 2 N–H and O–H groups in total. The quantitative estimate of drug-likeness (QED) is 0.205. The van der Waals surface area contributed by atoms with Crippen LogP contribution < -0.4 is 15.5 Å². The Kier molecular flexibility index (Phi) is 8.52. The number of rotatable bonds is 6. The summed E-state index contributed by atoms with van der Waals surface area (Å²) in [5, 5.41) is 8.83. The van der Waals surface area contributed by atoms with Crippen molar-refractivity contribution in [2.24, 2.45) is 4.99 Å². The number of benzene rings is 1. The molecule has 4 rings (SSSR count). The van der Waals surface area contributed by atoms with Gasteiger partial charge in [-0.2, -0.15) is 0 Å². The van der Waals surface area contributed by atoms with Gasteiger partial charge in [0.15, 0.2) is 5.96 Å². The third-order valence-corrected chi connectivity index (χ3v) is 6.38. The molecular formula is C21H26ClIN6S. The molecule has 160 valence electrons. The van der Waals surface area contributed by atoms with E-state index in [0.717, 1.165) is 56.2 Å². The first-order valence-electron chi connectivity index (χ1n) is 9.90. The van der Waals surface area contributed by atoms with E-state index in [1.54, 1.807) is 17.5 Å². The van der Waals surface area contributed by atoms with Crippen LogP contribution in [-0.2, 0) is 6.42 Å². The minimum Gasteiger partial charge on any atom is -0.356 e. The zero-order valence-corrected chi connectivity index (χ0v) is 20.7. The molecule has 1 aromatic carbocycles. The Hall–Kier alpha value is -1.65. The molecule has 6 nitrogen and oxygen atoms in total. The van der Waals surface area contributed by atoms with E-state index >= 15 is 0 Å². The van der Waals surface area contributed by atoms with Gasteiger partial charge in [0.2, 0.25) is 0 Å². The minimum absolute atomic E-state index is 0. The number of aryl methyl sites for hydroxylation is 1. The number of nitrogens with one attached hydrogen (secondary N) is 2. The lowest BCUT2D eigenvalue weighted by atomic mass is 10.3. The normalized spacial score (nSPS) is 16.5. The average molecular weight is 557 g/mol. The topological polar surface area (TPSA) is 65.4 Å². The smallest absolute Gasteiger partial charge is 0.191 e. The highest BCUT2D eigenvalue weighted by atomic mass is 127. The summed E-state index contributed by atoms with van der Waals surface area (Å²) in [6.45, 7) is 2.66. The second-order valence-electron chi connectivity index (χ2n) is 7.06. The Morgan fingerprint density at radius 1 is 1.30 bits per heavy atom. The number of aromatic nitrogens is 2. The maximum atomic E-state index is 6.28. The lowest BCUT2D eigenvalue weighted by Crippen LogP contribution is -2.45. The fourth-order valence-corrected chi connectivity index (χ4v) is 4.79. The van der Waals surface area contributed by atoms with E-state index < -0.39 is 0 Å². The van der Waals surface area contributed by atoms with Crippen LogP contribution in [0.15, 0.2) is 47.6 Å². The molecule has 0 radical (unpaired) electrons. The van der Waals surface area contributed by atoms with Crippen molar-refractivity contribution in [3.05, 3.63) is 52.6 Å². The fraction of sp³-hybridized carbons (Fsp3) is 0.381. The zero-order chi connectivity index (χ0) is 20.1. The first kappa shape index (κ1) is 23.0. The lowest BCUT2D eigenvalue weighted by molar-refractivity contribution is 0.642. The molecule has 3 aromatic rings. The number of hydrogen-bond donors (Lipinski definition) is 2. The molecule has 1 aliphatic rings. The van der Waals surface area contributed by atoms with Crippen LogP contribution >= 0.6 is 46.9 Å². The number of fused-ring (bicyclic) bond motifs is 1. The number of anilines is 1. The van der Waals surface area contributed by atoms with E-state index in [0.29, 0.717) is 11.1 Å². The number of nitrogens with zero attached hydrogens (tertiary/aromatic N) is 4. The van der Waals surface area contributed by atoms with E-state index in [-0.39, 0.29) is 24.0 Å². The van der Waals surface area contributed by atoms with E-state index in [4.69, 9.17) is 16.6 Å². The maximum Gasteiger partial charge on any atom is 0.191 e. The fourth-order valence-electron chi connectivity index (χ4n) is 3.54. The van der Waals surface area contributed by atoms with Gasteiger partial charge >= 0.3 is 0 Å². The SMILES string of the molecule is CN=C(NCCCc1nc2ccccc2s1)NC1CCN(c2ncccc2Cl)C1.I. The van der Waals surface area contributed by atoms with Gasteiger partial charge in [0.25, 0.3) is 0 Å². The molecule has 1 fully saturated rings. The Balaban J connectivity index is 0.00000256. The van der Waals surface area contributed by atoms with Gasteiger partial charge in [-0.05, 0) is 37.1 Å². The second-order valence-corrected chi connectivity index (χ2v) is 8.59. The molecule has 9 heteroatoms. The summed E-state index contributed by atoms with van der Waals surface area (Å²) in [7, 11) is 1.81. The first-order valence-corrected chi connectivity index (χ1v) is 11.1. The number of halogens is 2. The van der Waals surface area contributed by atoms with Crippen molar-refractivity contribution in [2.75, 3.05) is 31.6 Å². The monoisotopic (exact) mass is 556 g/mol. The van der Waals surface area contributed by atoms with Crippen LogP contribution in [0, 0.1) is 0 Å². The highest BCUT2D eigenvalue weighted by Crippen LogP contribution is 2.26. The molecule has 0 spiro atoms. The Bertz CT molecular complexity index is 961. The first-order chi connectivity index (χ1) is 14.2. The predicted molar refractivity (Wildman–Crippen MR) is 138 cm³/mol. The van der Waals surface area contributed by atoms with Gasteiger partial charge < -0.3 is 15.5 Å². The van der Waals surface area contributed by atoms with Gasteiger partial charge in [0, 0.05) is 45.3 Å². The number of para-hydroxylation sites is 1. The largest absolute Gasteiger partial charge is 0.356 e. The number of pyridine rings is 1. The third-order valence-electron chi connectivity index (χ3n) is 4.99. The van der Waals surface area contributed by atoms with Crippen molar-refractivity contribution in [2.45, 2.75) is 25.3 Å². The van der Waals surface area contributed by atoms with Crippen molar-refractivity contribution in [1.29, 1.82) is 0 Å². The van der Waals surface area contributed by atoms with Gasteiger partial charge in [-0.15, -0.1) is 35.3 Å². The van der Waals surface area contributed by atoms with Gasteiger partial charge in [0.05, 0.1) is 20.2 Å². The highest BCUT2D eigenvalue weighted by molar-refractivity contribution is 14.0. The van der Waals surface area contributed by atoms with Gasteiger partial charge in [0.1, 0.15) is 5.82 Å². The van der Waals surface area contributed by atoms with Crippen LogP contribution in [0.4, 0.5) is 5.82 Å². The summed E-state index contributed by atoms with van der Waals surface area (Å²) in [6, 6.07) is 12.4. The van der Waals surface area contributed by atoms with Crippen LogP contribution in [0.25, 0.3) is 10.2 Å². The second kappa shape index (κ2) is 11.1. The number of guanidine groups is 1. The molecule has 1 unspecified atom stereocenters. The van der Waals surface area contributed by atoms with Gasteiger partial charge in [-0.1, -0.05) is 23.7 Å². The van der Waals surface area contributed by atoms with Crippen LogP contribution in [-0.4, -0.2) is 48.7 Å². The van der Waals surface area contributed by atoms with E-state index in [9.17, 15) is 0 Å². The number of aliphatic imine (C=N–C) groups is 1. The molecule has 1 saturated heterocycles.